The van der Waals surface area contributed by atoms with Gasteiger partial charge in [0, 0.05) is 15.1 Å². The Morgan fingerprint density at radius 1 is 1.12 bits per heavy atom. The Balaban J connectivity index is 1.88. The summed E-state index contributed by atoms with van der Waals surface area (Å²) in [6.45, 7) is 3.50. The second-order valence-electron chi connectivity index (χ2n) is 5.28. The average Bonchev–Trinajstić information content (AvgIpc) is 2.56. The summed E-state index contributed by atoms with van der Waals surface area (Å²) in [5, 5.41) is 3.24. The first-order valence-corrected chi connectivity index (χ1v) is 8.42. The highest BCUT2D eigenvalue weighted by atomic mass is 79.9. The minimum atomic E-state index is -0.699. The molecule has 126 valence electrons. The van der Waals surface area contributed by atoms with Crippen LogP contribution in [0.2, 0.25) is 5.02 Å². The van der Waals surface area contributed by atoms with Gasteiger partial charge in [-0.1, -0.05) is 33.6 Å². The van der Waals surface area contributed by atoms with Gasteiger partial charge in [-0.2, -0.15) is 0 Å². The van der Waals surface area contributed by atoms with Gasteiger partial charge in [-0.05, 0) is 55.8 Å². The van der Waals surface area contributed by atoms with E-state index in [9.17, 15) is 9.59 Å². The van der Waals surface area contributed by atoms with Crippen LogP contribution >= 0.6 is 27.5 Å². The third-order valence-electron chi connectivity index (χ3n) is 3.35. The second-order valence-corrected chi connectivity index (χ2v) is 6.60. The van der Waals surface area contributed by atoms with E-state index in [1.807, 2.05) is 13.0 Å². The molecule has 24 heavy (non-hydrogen) atoms. The molecule has 0 saturated carbocycles. The van der Waals surface area contributed by atoms with Crippen LogP contribution in [0.15, 0.2) is 46.9 Å². The van der Waals surface area contributed by atoms with Crippen LogP contribution in [0.5, 0.6) is 0 Å². The smallest absolute Gasteiger partial charge is 0.260 e. The highest BCUT2D eigenvalue weighted by Crippen LogP contribution is 2.19. The van der Waals surface area contributed by atoms with Crippen LogP contribution in [-0.4, -0.2) is 17.9 Å². The summed E-state index contributed by atoms with van der Waals surface area (Å²) in [5.74, 6) is -0.680. The molecule has 0 heterocycles. The number of carbonyl (C=O) groups is 2. The molecule has 7 heteroatoms. The second kappa shape index (κ2) is 8.17. The van der Waals surface area contributed by atoms with Gasteiger partial charge in [0.1, 0.15) is 6.04 Å². The van der Waals surface area contributed by atoms with Crippen LogP contribution in [0.25, 0.3) is 0 Å². The lowest BCUT2D eigenvalue weighted by molar-refractivity contribution is -0.122. The lowest BCUT2D eigenvalue weighted by atomic mass is 10.2. The number of aryl methyl sites for hydroxylation is 1. The molecule has 0 radical (unpaired) electrons. The van der Waals surface area contributed by atoms with Crippen molar-refractivity contribution in [2.75, 3.05) is 5.43 Å². The van der Waals surface area contributed by atoms with E-state index in [1.54, 1.807) is 43.3 Å². The summed E-state index contributed by atoms with van der Waals surface area (Å²) in [5.41, 5.74) is 7.40. The number of nitrogens with one attached hydrogen (secondary N) is 3. The standard InChI is InChI=1S/C17H17BrClN3O2/c1-10-3-8-14(9-15(10)19)21-22-16(23)11(2)20-17(24)12-4-6-13(18)7-5-12/h3-9,11,21H,1-2H3,(H,20,24)(H,22,23). The zero-order chi connectivity index (χ0) is 17.7. The van der Waals surface area contributed by atoms with E-state index < -0.39 is 6.04 Å². The normalized spacial score (nSPS) is 11.5. The van der Waals surface area contributed by atoms with E-state index in [4.69, 9.17) is 11.6 Å². The molecule has 0 aliphatic rings. The van der Waals surface area contributed by atoms with Crippen LogP contribution < -0.4 is 16.2 Å². The maximum Gasteiger partial charge on any atom is 0.260 e. The number of carbonyl (C=O) groups excluding carboxylic acids is 2. The topological polar surface area (TPSA) is 70.2 Å². The van der Waals surface area contributed by atoms with Crippen molar-refractivity contribution in [1.82, 2.24) is 10.7 Å². The Bertz CT molecular complexity index is 750. The molecule has 2 rings (SSSR count). The van der Waals surface area contributed by atoms with Crippen molar-refractivity contribution in [2.24, 2.45) is 0 Å². The van der Waals surface area contributed by atoms with Crippen molar-refractivity contribution in [1.29, 1.82) is 0 Å². The van der Waals surface area contributed by atoms with Crippen LogP contribution in [0.1, 0.15) is 22.8 Å². The molecular formula is C17H17BrClN3O2. The monoisotopic (exact) mass is 409 g/mol. The highest BCUT2D eigenvalue weighted by molar-refractivity contribution is 9.10. The van der Waals surface area contributed by atoms with Crippen molar-refractivity contribution < 1.29 is 9.59 Å². The van der Waals surface area contributed by atoms with E-state index in [1.165, 1.54) is 0 Å². The first-order chi connectivity index (χ1) is 11.4. The van der Waals surface area contributed by atoms with Crippen molar-refractivity contribution >= 4 is 45.0 Å². The number of hydrogen-bond donors (Lipinski definition) is 3. The summed E-state index contributed by atoms with van der Waals surface area (Å²) in [6, 6.07) is 11.5. The lowest BCUT2D eigenvalue weighted by Crippen LogP contribution is -2.46. The van der Waals surface area contributed by atoms with Gasteiger partial charge in [-0.3, -0.25) is 20.4 Å². The van der Waals surface area contributed by atoms with Gasteiger partial charge in [-0.15, -0.1) is 0 Å². The zero-order valence-electron chi connectivity index (χ0n) is 13.2. The van der Waals surface area contributed by atoms with Crippen molar-refractivity contribution in [2.45, 2.75) is 19.9 Å². The predicted molar refractivity (Wildman–Crippen MR) is 99.0 cm³/mol. The number of hydrogen-bond acceptors (Lipinski definition) is 3. The molecule has 0 spiro atoms. The number of rotatable bonds is 5. The lowest BCUT2D eigenvalue weighted by Gasteiger charge is -2.15. The van der Waals surface area contributed by atoms with E-state index in [0.29, 0.717) is 16.3 Å². The minimum absolute atomic E-state index is 0.316. The van der Waals surface area contributed by atoms with Crippen LogP contribution in [0.3, 0.4) is 0 Å². The Labute approximate surface area is 153 Å². The molecule has 2 aromatic rings. The fourth-order valence-corrected chi connectivity index (χ4v) is 2.30. The molecule has 3 N–H and O–H groups in total. The number of anilines is 1. The van der Waals surface area contributed by atoms with E-state index in [0.717, 1.165) is 10.0 Å². The third-order valence-corrected chi connectivity index (χ3v) is 4.29. The van der Waals surface area contributed by atoms with Gasteiger partial charge in [0.2, 0.25) is 0 Å². The molecule has 0 aliphatic heterocycles. The van der Waals surface area contributed by atoms with Gasteiger partial charge < -0.3 is 5.32 Å². The van der Waals surface area contributed by atoms with Gasteiger partial charge in [-0.25, -0.2) is 0 Å². The molecule has 5 nitrogen and oxygen atoms in total. The van der Waals surface area contributed by atoms with Crippen LogP contribution in [0, 0.1) is 6.92 Å². The van der Waals surface area contributed by atoms with Gasteiger partial charge in [0.25, 0.3) is 11.8 Å². The number of halogens is 2. The summed E-state index contributed by atoms with van der Waals surface area (Å²) in [7, 11) is 0. The molecular weight excluding hydrogens is 394 g/mol. The van der Waals surface area contributed by atoms with Crippen LogP contribution in [0.4, 0.5) is 5.69 Å². The zero-order valence-corrected chi connectivity index (χ0v) is 15.5. The van der Waals surface area contributed by atoms with E-state index in [2.05, 4.69) is 32.1 Å². The SMILES string of the molecule is Cc1ccc(NNC(=O)C(C)NC(=O)c2ccc(Br)cc2)cc1Cl. The number of benzene rings is 2. The fourth-order valence-electron chi connectivity index (χ4n) is 1.86. The van der Waals surface area contributed by atoms with Crippen molar-refractivity contribution in [3.05, 3.63) is 63.1 Å². The Hall–Kier alpha value is -2.05. The predicted octanol–water partition coefficient (Wildman–Crippen LogP) is 3.67. The molecule has 0 bridgehead atoms. The summed E-state index contributed by atoms with van der Waals surface area (Å²) in [6.07, 6.45) is 0. The van der Waals surface area contributed by atoms with Gasteiger partial charge in [0.05, 0.1) is 5.69 Å². The first-order valence-electron chi connectivity index (χ1n) is 7.25. The quantitative estimate of drug-likeness (QED) is 0.659. The van der Waals surface area contributed by atoms with Crippen LogP contribution in [-0.2, 0) is 4.79 Å². The van der Waals surface area contributed by atoms with E-state index in [-0.39, 0.29) is 11.8 Å². The molecule has 1 unspecified atom stereocenters. The van der Waals surface area contributed by atoms with Gasteiger partial charge in [0.15, 0.2) is 0 Å². The largest absolute Gasteiger partial charge is 0.340 e. The molecule has 1 atom stereocenters. The maximum atomic E-state index is 12.1. The fraction of sp³-hybridized carbons (Fsp3) is 0.176. The molecule has 2 aromatic carbocycles. The summed E-state index contributed by atoms with van der Waals surface area (Å²) in [4.78, 5) is 24.1. The van der Waals surface area contributed by atoms with Crippen molar-refractivity contribution in [3.8, 4) is 0 Å². The Kier molecular flexibility index (Phi) is 6.23. The first kappa shape index (κ1) is 18.3. The van der Waals surface area contributed by atoms with E-state index >= 15 is 0 Å². The summed E-state index contributed by atoms with van der Waals surface area (Å²) >= 11 is 9.33. The Morgan fingerprint density at radius 2 is 1.79 bits per heavy atom. The average molecular weight is 411 g/mol. The molecule has 0 aliphatic carbocycles. The minimum Gasteiger partial charge on any atom is -0.340 e. The number of hydrazine groups is 1. The maximum absolute atomic E-state index is 12.1. The molecule has 0 fully saturated rings. The highest BCUT2D eigenvalue weighted by Gasteiger charge is 2.16. The number of amides is 2. The summed E-state index contributed by atoms with van der Waals surface area (Å²) < 4.78 is 0.880. The molecule has 2 amide bonds. The Morgan fingerprint density at radius 3 is 2.42 bits per heavy atom. The van der Waals surface area contributed by atoms with Gasteiger partial charge >= 0.3 is 0 Å². The molecule has 0 aromatic heterocycles. The van der Waals surface area contributed by atoms with Crippen molar-refractivity contribution in [3.63, 3.8) is 0 Å². The third kappa shape index (κ3) is 4.97. The molecule has 0 saturated heterocycles.